The Morgan fingerprint density at radius 2 is 2.12 bits per heavy atom. The minimum atomic E-state index is -1.08. The van der Waals surface area contributed by atoms with Gasteiger partial charge in [0.15, 0.2) is 0 Å². The van der Waals surface area contributed by atoms with Crippen molar-refractivity contribution in [2.45, 2.75) is 6.42 Å². The topological polar surface area (TPSA) is 87.2 Å². The summed E-state index contributed by atoms with van der Waals surface area (Å²) in [7, 11) is 1.42. The number of halogens is 1. The fourth-order valence-corrected chi connectivity index (χ4v) is 2.76. The first kappa shape index (κ1) is 18.1. The summed E-state index contributed by atoms with van der Waals surface area (Å²) in [5.41, 5.74) is 0. The summed E-state index contributed by atoms with van der Waals surface area (Å²) in [5.74, 6) is -1.53. The molecule has 1 saturated heterocycles. The SMILES string of the molecule is CN(CC(=O)O)C(=O)C1CC(=O)N(CCOc2ccccc2Cl)C1. The van der Waals surface area contributed by atoms with Gasteiger partial charge in [-0.1, -0.05) is 23.7 Å². The average molecular weight is 355 g/mol. The Morgan fingerprint density at radius 3 is 2.79 bits per heavy atom. The molecular formula is C16H19ClN2O5. The quantitative estimate of drug-likeness (QED) is 0.792. The van der Waals surface area contributed by atoms with Crippen LogP contribution >= 0.6 is 11.6 Å². The third kappa shape index (κ3) is 4.61. The number of rotatable bonds is 7. The van der Waals surface area contributed by atoms with E-state index < -0.39 is 11.9 Å². The predicted octanol–water partition coefficient (Wildman–Crippen LogP) is 1.11. The number of carbonyl (C=O) groups excluding carboxylic acids is 2. The molecule has 24 heavy (non-hydrogen) atoms. The number of carboxylic acid groups (broad SMARTS) is 1. The summed E-state index contributed by atoms with van der Waals surface area (Å²) >= 11 is 5.99. The molecule has 1 N–H and O–H groups in total. The van der Waals surface area contributed by atoms with Crippen molar-refractivity contribution in [1.82, 2.24) is 9.80 Å². The lowest BCUT2D eigenvalue weighted by molar-refractivity contribution is -0.145. The lowest BCUT2D eigenvalue weighted by Crippen LogP contribution is -2.38. The van der Waals surface area contributed by atoms with Crippen LogP contribution in [0.15, 0.2) is 24.3 Å². The highest BCUT2D eigenvalue weighted by Crippen LogP contribution is 2.24. The molecule has 1 aromatic rings. The van der Waals surface area contributed by atoms with Gasteiger partial charge in [0, 0.05) is 20.0 Å². The summed E-state index contributed by atoms with van der Waals surface area (Å²) in [6, 6.07) is 7.05. The highest BCUT2D eigenvalue weighted by Gasteiger charge is 2.35. The number of para-hydroxylation sites is 1. The van der Waals surface area contributed by atoms with Crippen LogP contribution in [0.4, 0.5) is 0 Å². The molecule has 0 spiro atoms. The Balaban J connectivity index is 1.83. The highest BCUT2D eigenvalue weighted by molar-refractivity contribution is 6.32. The minimum Gasteiger partial charge on any atom is -0.490 e. The van der Waals surface area contributed by atoms with Gasteiger partial charge in [0.1, 0.15) is 18.9 Å². The molecule has 0 radical (unpaired) electrons. The molecule has 1 aromatic carbocycles. The van der Waals surface area contributed by atoms with E-state index in [9.17, 15) is 14.4 Å². The Hall–Kier alpha value is -2.28. The minimum absolute atomic E-state index is 0.0921. The van der Waals surface area contributed by atoms with Crippen molar-refractivity contribution in [3.63, 3.8) is 0 Å². The van der Waals surface area contributed by atoms with E-state index in [1.807, 2.05) is 0 Å². The van der Waals surface area contributed by atoms with Crippen LogP contribution in [0.1, 0.15) is 6.42 Å². The van der Waals surface area contributed by atoms with Crippen LogP contribution < -0.4 is 4.74 Å². The van der Waals surface area contributed by atoms with Gasteiger partial charge in [-0.25, -0.2) is 0 Å². The Bertz CT molecular complexity index is 637. The van der Waals surface area contributed by atoms with Gasteiger partial charge in [-0.3, -0.25) is 14.4 Å². The molecule has 1 aliphatic heterocycles. The Labute approximate surface area is 144 Å². The zero-order valence-corrected chi connectivity index (χ0v) is 14.0. The van der Waals surface area contributed by atoms with Crippen molar-refractivity contribution in [3.8, 4) is 5.75 Å². The number of likely N-dealkylation sites (tertiary alicyclic amines) is 1. The number of hydrogen-bond donors (Lipinski definition) is 1. The number of carboxylic acids is 1. The molecule has 8 heteroatoms. The van der Waals surface area contributed by atoms with Gasteiger partial charge in [-0.05, 0) is 12.1 Å². The third-order valence-corrected chi connectivity index (χ3v) is 4.08. The van der Waals surface area contributed by atoms with E-state index in [-0.39, 0.29) is 37.9 Å². The van der Waals surface area contributed by atoms with Crippen LogP contribution in [-0.2, 0) is 14.4 Å². The fraction of sp³-hybridized carbons (Fsp3) is 0.438. The molecule has 1 fully saturated rings. The van der Waals surface area contributed by atoms with Crippen LogP contribution in [-0.4, -0.2) is 66.0 Å². The average Bonchev–Trinajstić information content (AvgIpc) is 2.89. The van der Waals surface area contributed by atoms with Crippen LogP contribution in [0.5, 0.6) is 5.75 Å². The first-order valence-corrected chi connectivity index (χ1v) is 7.88. The van der Waals surface area contributed by atoms with E-state index >= 15 is 0 Å². The van der Waals surface area contributed by atoms with Gasteiger partial charge in [-0.2, -0.15) is 0 Å². The zero-order valence-electron chi connectivity index (χ0n) is 13.3. The maximum Gasteiger partial charge on any atom is 0.323 e. The second kappa shape index (κ2) is 8.01. The number of ether oxygens (including phenoxy) is 1. The monoisotopic (exact) mass is 354 g/mol. The van der Waals surface area contributed by atoms with Gasteiger partial charge in [0.2, 0.25) is 11.8 Å². The molecule has 1 heterocycles. The molecule has 1 atom stereocenters. The number of likely N-dealkylation sites (N-methyl/N-ethyl adjacent to an activating group) is 1. The molecule has 0 bridgehead atoms. The van der Waals surface area contributed by atoms with Crippen molar-refractivity contribution in [3.05, 3.63) is 29.3 Å². The van der Waals surface area contributed by atoms with Gasteiger partial charge >= 0.3 is 5.97 Å². The molecule has 130 valence electrons. The van der Waals surface area contributed by atoms with E-state index in [2.05, 4.69) is 0 Å². The smallest absolute Gasteiger partial charge is 0.323 e. The molecule has 1 aliphatic rings. The zero-order chi connectivity index (χ0) is 17.7. The highest BCUT2D eigenvalue weighted by atomic mass is 35.5. The van der Waals surface area contributed by atoms with Gasteiger partial charge < -0.3 is 19.6 Å². The summed E-state index contributed by atoms with van der Waals surface area (Å²) in [5, 5.41) is 9.22. The number of nitrogens with zero attached hydrogens (tertiary/aromatic N) is 2. The summed E-state index contributed by atoms with van der Waals surface area (Å²) in [4.78, 5) is 37.5. The number of aliphatic carboxylic acids is 1. The van der Waals surface area contributed by atoms with Crippen LogP contribution in [0.2, 0.25) is 5.02 Å². The predicted molar refractivity (Wildman–Crippen MR) is 86.9 cm³/mol. The van der Waals surface area contributed by atoms with Crippen molar-refractivity contribution < 1.29 is 24.2 Å². The molecule has 0 saturated carbocycles. The van der Waals surface area contributed by atoms with E-state index in [0.717, 1.165) is 4.90 Å². The van der Waals surface area contributed by atoms with Crippen LogP contribution in [0, 0.1) is 5.92 Å². The summed E-state index contributed by atoms with van der Waals surface area (Å²) < 4.78 is 5.54. The molecule has 0 aromatic heterocycles. The Kier molecular flexibility index (Phi) is 6.03. The lowest BCUT2D eigenvalue weighted by Gasteiger charge is -2.20. The molecular weight excluding hydrogens is 336 g/mol. The number of benzene rings is 1. The van der Waals surface area contributed by atoms with E-state index in [1.165, 1.54) is 7.05 Å². The van der Waals surface area contributed by atoms with Gasteiger partial charge in [0.25, 0.3) is 0 Å². The third-order valence-electron chi connectivity index (χ3n) is 3.77. The van der Waals surface area contributed by atoms with Crippen LogP contribution in [0.25, 0.3) is 0 Å². The maximum absolute atomic E-state index is 12.1. The molecule has 1 unspecified atom stereocenters. The first-order valence-electron chi connectivity index (χ1n) is 7.50. The second-order valence-electron chi connectivity index (χ2n) is 5.61. The summed E-state index contributed by atoms with van der Waals surface area (Å²) in [6.45, 7) is 0.504. The van der Waals surface area contributed by atoms with Gasteiger partial charge in [-0.15, -0.1) is 0 Å². The largest absolute Gasteiger partial charge is 0.490 e. The fourth-order valence-electron chi connectivity index (χ4n) is 2.57. The standard InChI is InChI=1S/C16H19ClN2O5/c1-18(10-15(21)22)16(23)11-8-14(20)19(9-11)6-7-24-13-5-3-2-4-12(13)17/h2-5,11H,6-10H2,1H3,(H,21,22). The van der Waals surface area contributed by atoms with Crippen molar-refractivity contribution in [1.29, 1.82) is 0 Å². The molecule has 2 rings (SSSR count). The lowest BCUT2D eigenvalue weighted by atomic mass is 10.1. The molecule has 7 nitrogen and oxygen atoms in total. The van der Waals surface area contributed by atoms with Crippen molar-refractivity contribution in [2.24, 2.45) is 5.92 Å². The number of hydrogen-bond acceptors (Lipinski definition) is 4. The van der Waals surface area contributed by atoms with E-state index in [0.29, 0.717) is 17.3 Å². The van der Waals surface area contributed by atoms with Gasteiger partial charge in [0.05, 0.1) is 17.5 Å². The molecule has 0 aliphatic carbocycles. The summed E-state index contributed by atoms with van der Waals surface area (Å²) in [6.07, 6.45) is 0.0921. The Morgan fingerprint density at radius 1 is 1.42 bits per heavy atom. The van der Waals surface area contributed by atoms with Crippen LogP contribution in [0.3, 0.4) is 0 Å². The number of carbonyl (C=O) groups is 3. The van der Waals surface area contributed by atoms with Crippen molar-refractivity contribution >= 4 is 29.4 Å². The van der Waals surface area contributed by atoms with E-state index in [4.69, 9.17) is 21.4 Å². The van der Waals surface area contributed by atoms with Crippen molar-refractivity contribution in [2.75, 3.05) is 33.3 Å². The second-order valence-corrected chi connectivity index (χ2v) is 6.01. The first-order chi connectivity index (χ1) is 11.4. The maximum atomic E-state index is 12.1. The van der Waals surface area contributed by atoms with E-state index in [1.54, 1.807) is 29.2 Å². The number of amides is 2. The normalized spacial score (nSPS) is 17.0. The molecule has 2 amide bonds.